The van der Waals surface area contributed by atoms with Gasteiger partial charge in [0.25, 0.3) is 23.7 Å². The Labute approximate surface area is 311 Å². The number of hydrogen-bond acceptors (Lipinski definition) is 7. The first-order valence-corrected chi connectivity index (χ1v) is 18.2. The number of hydrogen-bond donors (Lipinski definition) is 4. The van der Waals surface area contributed by atoms with Crippen LogP contribution in [0.3, 0.4) is 0 Å². The molecule has 2 saturated heterocycles. The van der Waals surface area contributed by atoms with Gasteiger partial charge in [0.05, 0.1) is 41.6 Å². The number of pyridine rings is 1. The number of imidazole rings is 2. The van der Waals surface area contributed by atoms with Gasteiger partial charge >= 0.3 is 0 Å². The summed E-state index contributed by atoms with van der Waals surface area (Å²) in [4.78, 5) is 46.6. The fraction of sp³-hybridized carbons (Fsp3) is 0.513. The van der Waals surface area contributed by atoms with Crippen molar-refractivity contribution >= 4 is 11.8 Å². The van der Waals surface area contributed by atoms with E-state index in [0.29, 0.717) is 17.3 Å². The zero-order valence-corrected chi connectivity index (χ0v) is 31.2. The number of aromatic amines is 2. The number of nitrogens with one attached hydrogen (secondary N) is 4. The second-order valence-electron chi connectivity index (χ2n) is 15.5. The van der Waals surface area contributed by atoms with E-state index < -0.39 is 73.0 Å². The Balaban J connectivity index is 1.09. The zero-order chi connectivity index (χ0) is 39.1. The number of benzene rings is 1. The highest BCUT2D eigenvalue weighted by Crippen LogP contribution is 2.37. The summed E-state index contributed by atoms with van der Waals surface area (Å²) in [6.07, 6.45) is 4.09. The first-order valence-electron chi connectivity index (χ1n) is 18.2. The summed E-state index contributed by atoms with van der Waals surface area (Å²) in [5.41, 5.74) is 2.02. The number of carbonyl (C=O) groups is 2. The van der Waals surface area contributed by atoms with Crippen LogP contribution in [0.5, 0.6) is 0 Å². The molecule has 54 heavy (non-hydrogen) atoms. The van der Waals surface area contributed by atoms with E-state index >= 15 is 0 Å². The number of H-pyrrole nitrogens is 2. The van der Waals surface area contributed by atoms with Gasteiger partial charge in [-0.25, -0.2) is 27.5 Å². The molecule has 3 aromatic heterocycles. The summed E-state index contributed by atoms with van der Waals surface area (Å²) in [7, 11) is 0. The number of halogens is 4. The summed E-state index contributed by atoms with van der Waals surface area (Å²) in [5.74, 6) is -5.81. The summed E-state index contributed by atoms with van der Waals surface area (Å²) in [5, 5.41) is 5.91. The first-order chi connectivity index (χ1) is 25.4. The van der Waals surface area contributed by atoms with Crippen molar-refractivity contribution in [2.24, 2.45) is 11.8 Å². The van der Waals surface area contributed by atoms with Gasteiger partial charge in [0.15, 0.2) is 0 Å². The van der Waals surface area contributed by atoms with Gasteiger partial charge in [-0.15, -0.1) is 0 Å². The van der Waals surface area contributed by atoms with Crippen LogP contribution in [0.15, 0.2) is 55.0 Å². The molecule has 2 amide bonds. The second-order valence-corrected chi connectivity index (χ2v) is 15.5. The van der Waals surface area contributed by atoms with Crippen LogP contribution in [0.2, 0.25) is 0 Å². The fourth-order valence-electron chi connectivity index (χ4n) is 6.54. The van der Waals surface area contributed by atoms with E-state index in [9.17, 15) is 27.2 Å². The van der Waals surface area contributed by atoms with Crippen molar-refractivity contribution in [3.05, 3.63) is 66.6 Å². The van der Waals surface area contributed by atoms with E-state index in [0.717, 1.165) is 28.1 Å². The lowest BCUT2D eigenvalue weighted by Gasteiger charge is -2.37. The van der Waals surface area contributed by atoms with Gasteiger partial charge in [-0.3, -0.25) is 14.6 Å². The maximum atomic E-state index is 13.7. The summed E-state index contributed by atoms with van der Waals surface area (Å²) in [6.45, 7) is 9.25. The minimum Gasteiger partial charge on any atom is -0.359 e. The lowest BCUT2D eigenvalue weighted by Crippen LogP contribution is -2.53. The van der Waals surface area contributed by atoms with Crippen molar-refractivity contribution in [1.82, 2.24) is 35.6 Å². The van der Waals surface area contributed by atoms with Crippen molar-refractivity contribution in [3.8, 4) is 33.8 Å². The topological polar surface area (TPSA) is 147 Å². The quantitative estimate of drug-likeness (QED) is 0.116. The van der Waals surface area contributed by atoms with Gasteiger partial charge in [0.2, 0.25) is 0 Å². The number of ether oxygens (including phenoxy) is 2. The highest BCUT2D eigenvalue weighted by atomic mass is 19.3. The highest BCUT2D eigenvalue weighted by molar-refractivity contribution is 5.86. The summed E-state index contributed by atoms with van der Waals surface area (Å²) in [6, 6.07) is 10.6. The van der Waals surface area contributed by atoms with Gasteiger partial charge in [-0.05, 0) is 56.2 Å². The van der Waals surface area contributed by atoms with Crippen LogP contribution < -0.4 is 10.6 Å². The van der Waals surface area contributed by atoms with Crippen LogP contribution in [0.25, 0.3) is 33.8 Å². The molecule has 0 bridgehead atoms. The Hall–Kier alpha value is -4.63. The number of rotatable bonds is 11. The number of amides is 2. The van der Waals surface area contributed by atoms with E-state index in [2.05, 4.69) is 35.6 Å². The van der Waals surface area contributed by atoms with E-state index in [1.807, 2.05) is 64.1 Å². The Morgan fingerprint density at radius 2 is 1.06 bits per heavy atom. The molecule has 11 nitrogen and oxygen atoms in total. The zero-order valence-electron chi connectivity index (χ0n) is 31.2. The average molecular weight is 754 g/mol. The molecule has 2 fully saturated rings. The van der Waals surface area contributed by atoms with E-state index in [1.165, 1.54) is 13.8 Å². The Kier molecular flexibility index (Phi) is 10.8. The molecule has 5 heterocycles. The van der Waals surface area contributed by atoms with E-state index in [4.69, 9.17) is 9.47 Å². The molecular weight excluding hydrogens is 706 g/mol. The van der Waals surface area contributed by atoms with Crippen molar-refractivity contribution in [2.75, 3.05) is 13.2 Å². The molecule has 0 aliphatic carbocycles. The second kappa shape index (κ2) is 14.9. The third kappa shape index (κ3) is 8.51. The molecule has 290 valence electrons. The van der Waals surface area contributed by atoms with E-state index in [1.54, 1.807) is 18.6 Å². The third-order valence-electron chi connectivity index (χ3n) is 10.4. The fourth-order valence-corrected chi connectivity index (χ4v) is 6.54. The molecule has 2 aliphatic rings. The highest BCUT2D eigenvalue weighted by Gasteiger charge is 2.48. The molecule has 0 spiro atoms. The SMILES string of the molecule is CC(C)C(NC(=O)[C@@]1(C)CCC(F)(F)CO1)c1ncc(-c2ccc(-c3ccc(-c4cnc(C(NC(=O)[C@@]5(C)CCC(F)(F)CO5)C(C)C)[nH]4)cn3)cc2)[nH]1. The number of alkyl halides is 4. The lowest BCUT2D eigenvalue weighted by molar-refractivity contribution is -0.190. The molecule has 4 N–H and O–H groups in total. The Bertz CT molecular complexity index is 1780. The first kappa shape index (κ1) is 39.1. The molecule has 4 atom stereocenters. The lowest BCUT2D eigenvalue weighted by atomic mass is 9.92. The van der Waals surface area contributed by atoms with Gasteiger partial charge < -0.3 is 30.1 Å². The molecule has 6 rings (SSSR count). The number of aromatic nitrogens is 5. The predicted molar refractivity (Wildman–Crippen MR) is 193 cm³/mol. The van der Waals surface area contributed by atoms with Gasteiger partial charge in [-0.1, -0.05) is 52.0 Å². The van der Waals surface area contributed by atoms with E-state index in [-0.39, 0.29) is 24.7 Å². The molecule has 0 radical (unpaired) electrons. The molecule has 4 aromatic rings. The maximum absolute atomic E-state index is 13.7. The Morgan fingerprint density at radius 3 is 1.44 bits per heavy atom. The summed E-state index contributed by atoms with van der Waals surface area (Å²) < 4.78 is 65.3. The normalized spacial score (nSPS) is 23.6. The largest absolute Gasteiger partial charge is 0.359 e. The van der Waals surface area contributed by atoms with Crippen LogP contribution in [0.1, 0.15) is 91.0 Å². The molecular formula is C39H47F4N7O4. The van der Waals surface area contributed by atoms with Crippen molar-refractivity contribution in [3.63, 3.8) is 0 Å². The maximum Gasteiger partial charge on any atom is 0.271 e. The van der Waals surface area contributed by atoms with Crippen LogP contribution >= 0.6 is 0 Å². The number of nitrogens with zero attached hydrogens (tertiary/aromatic N) is 3. The Morgan fingerprint density at radius 1 is 0.630 bits per heavy atom. The van der Waals surface area contributed by atoms with Gasteiger partial charge in [0, 0.05) is 30.2 Å². The van der Waals surface area contributed by atoms with Crippen molar-refractivity contribution in [1.29, 1.82) is 0 Å². The molecule has 2 unspecified atom stereocenters. The van der Waals surface area contributed by atoms with Crippen LogP contribution in [0.4, 0.5) is 17.6 Å². The average Bonchev–Trinajstić information content (AvgIpc) is 3.83. The third-order valence-corrected chi connectivity index (χ3v) is 10.4. The molecule has 2 aliphatic heterocycles. The monoisotopic (exact) mass is 753 g/mol. The minimum absolute atomic E-state index is 0.0469. The standard InChI is InChI=1S/C39H47F4N7O4/c1-22(2)30(49-34(51)36(5)13-15-38(40,41)20-53-36)32-45-18-28(47-32)25-9-7-24(8-10-25)27-12-11-26(17-44-27)29-19-46-33(48-29)31(23(3)4)50-35(52)37(6)14-16-39(42,43)21-54-37/h7-12,17-19,22-23,30-31H,13-16,20-21H2,1-6H3,(H,45,47)(H,46,48)(H,49,51)(H,50,52)/t30?,31?,36-,37-/m1/s1. The van der Waals surface area contributed by atoms with Crippen LogP contribution in [-0.2, 0) is 19.1 Å². The van der Waals surface area contributed by atoms with Crippen LogP contribution in [0, 0.1) is 11.8 Å². The van der Waals surface area contributed by atoms with Crippen molar-refractivity contribution in [2.45, 2.75) is 102 Å². The smallest absolute Gasteiger partial charge is 0.271 e. The van der Waals surface area contributed by atoms with Gasteiger partial charge in [-0.2, -0.15) is 0 Å². The molecule has 0 saturated carbocycles. The molecule has 1 aromatic carbocycles. The molecule has 15 heteroatoms. The van der Waals surface area contributed by atoms with Crippen LogP contribution in [-0.4, -0.2) is 73.0 Å². The van der Waals surface area contributed by atoms with Crippen molar-refractivity contribution < 1.29 is 36.6 Å². The summed E-state index contributed by atoms with van der Waals surface area (Å²) >= 11 is 0. The predicted octanol–water partition coefficient (Wildman–Crippen LogP) is 7.56. The van der Waals surface area contributed by atoms with Gasteiger partial charge in [0.1, 0.15) is 36.1 Å². The minimum atomic E-state index is -2.94. The number of carbonyl (C=O) groups excluding carboxylic acids is 2.